The number of hydrazine groups is 1. The first-order chi connectivity index (χ1) is 8.48. The number of nitrogens with one attached hydrogen (secondary N) is 1. The van der Waals surface area contributed by atoms with Crippen LogP contribution in [0, 0.1) is 0 Å². The molecule has 1 aliphatic carbocycles. The monoisotopic (exact) mass is 248 g/mol. The van der Waals surface area contributed by atoms with E-state index in [0.717, 1.165) is 12.8 Å². The van der Waals surface area contributed by atoms with Gasteiger partial charge in [0.2, 0.25) is 0 Å². The van der Waals surface area contributed by atoms with Crippen LogP contribution in [0.3, 0.4) is 0 Å². The van der Waals surface area contributed by atoms with E-state index < -0.39 is 0 Å². The van der Waals surface area contributed by atoms with E-state index in [-0.39, 0.29) is 11.6 Å². The van der Waals surface area contributed by atoms with Crippen molar-refractivity contribution in [2.24, 2.45) is 5.84 Å². The maximum Gasteiger partial charge on any atom is 0.0483 e. The van der Waals surface area contributed by atoms with Gasteiger partial charge in [-0.15, -0.1) is 0 Å². The van der Waals surface area contributed by atoms with E-state index in [1.165, 1.54) is 11.3 Å². The highest BCUT2D eigenvalue weighted by Gasteiger charge is 2.40. The summed E-state index contributed by atoms with van der Waals surface area (Å²) in [5, 5.41) is 0. The zero-order valence-electron chi connectivity index (χ0n) is 11.8. The van der Waals surface area contributed by atoms with Gasteiger partial charge in [-0.1, -0.05) is 6.07 Å². The van der Waals surface area contributed by atoms with Gasteiger partial charge in [-0.2, -0.15) is 0 Å². The number of rotatable bonds is 4. The van der Waals surface area contributed by atoms with Crippen LogP contribution in [0.1, 0.15) is 37.4 Å². The SMILES string of the molecule is CN(C)C(C)(C)C(NN)C1CCc2cccnc21. The molecule has 0 saturated carbocycles. The molecule has 2 unspecified atom stereocenters. The molecule has 4 nitrogen and oxygen atoms in total. The molecule has 0 spiro atoms. The summed E-state index contributed by atoms with van der Waals surface area (Å²) >= 11 is 0. The van der Waals surface area contributed by atoms with Gasteiger partial charge < -0.3 is 4.90 Å². The number of hydrogen-bond donors (Lipinski definition) is 2. The molecule has 100 valence electrons. The normalized spacial score (nSPS) is 21.1. The first-order valence-corrected chi connectivity index (χ1v) is 6.56. The fourth-order valence-electron chi connectivity index (χ4n) is 2.86. The quantitative estimate of drug-likeness (QED) is 0.622. The number of likely N-dealkylation sites (N-methyl/N-ethyl adjacent to an activating group) is 1. The van der Waals surface area contributed by atoms with Crippen molar-refractivity contribution >= 4 is 0 Å². The summed E-state index contributed by atoms with van der Waals surface area (Å²) in [4.78, 5) is 6.79. The van der Waals surface area contributed by atoms with Gasteiger partial charge in [0, 0.05) is 29.4 Å². The van der Waals surface area contributed by atoms with Gasteiger partial charge in [0.15, 0.2) is 0 Å². The maximum absolute atomic E-state index is 5.83. The summed E-state index contributed by atoms with van der Waals surface area (Å²) in [5.74, 6) is 6.22. The highest BCUT2D eigenvalue weighted by atomic mass is 15.3. The standard InChI is InChI=1S/C14H24N4/c1-14(2,18(3)4)13(17-15)11-8-7-10-6-5-9-16-12(10)11/h5-6,9,11,13,17H,7-8,15H2,1-4H3. The summed E-state index contributed by atoms with van der Waals surface area (Å²) < 4.78 is 0. The van der Waals surface area contributed by atoms with Gasteiger partial charge in [0.05, 0.1) is 0 Å². The van der Waals surface area contributed by atoms with Crippen LogP contribution in [0.15, 0.2) is 18.3 Å². The number of nitrogens with zero attached hydrogens (tertiary/aromatic N) is 2. The molecule has 4 heteroatoms. The van der Waals surface area contributed by atoms with Crippen LogP contribution < -0.4 is 11.3 Å². The lowest BCUT2D eigenvalue weighted by atomic mass is 9.82. The Balaban J connectivity index is 2.31. The van der Waals surface area contributed by atoms with Crippen molar-refractivity contribution in [2.45, 2.75) is 44.2 Å². The minimum atomic E-state index is -0.0153. The fraction of sp³-hybridized carbons (Fsp3) is 0.643. The molecule has 3 N–H and O–H groups in total. The molecule has 1 aliphatic rings. The third-order valence-electron chi connectivity index (χ3n) is 4.50. The van der Waals surface area contributed by atoms with Crippen molar-refractivity contribution in [2.75, 3.05) is 14.1 Å². The molecule has 0 aromatic carbocycles. The average molecular weight is 248 g/mol. The van der Waals surface area contributed by atoms with E-state index in [4.69, 9.17) is 5.84 Å². The number of pyridine rings is 1. The Bertz CT molecular complexity index is 414. The Hall–Kier alpha value is -0.970. The van der Waals surface area contributed by atoms with Crippen LogP contribution in [0.4, 0.5) is 0 Å². The highest BCUT2D eigenvalue weighted by molar-refractivity contribution is 5.31. The molecule has 0 fully saturated rings. The van der Waals surface area contributed by atoms with Crippen molar-refractivity contribution in [3.8, 4) is 0 Å². The van der Waals surface area contributed by atoms with Gasteiger partial charge in [0.25, 0.3) is 0 Å². The molecule has 1 aromatic rings. The van der Waals surface area contributed by atoms with Gasteiger partial charge in [-0.3, -0.25) is 16.3 Å². The molecule has 0 bridgehead atoms. The zero-order chi connectivity index (χ0) is 13.3. The lowest BCUT2D eigenvalue weighted by Gasteiger charge is -2.42. The summed E-state index contributed by atoms with van der Waals surface area (Å²) in [6.07, 6.45) is 4.11. The lowest BCUT2D eigenvalue weighted by Crippen LogP contribution is -2.59. The van der Waals surface area contributed by atoms with E-state index in [1.807, 2.05) is 12.3 Å². The van der Waals surface area contributed by atoms with Crippen molar-refractivity contribution in [3.63, 3.8) is 0 Å². The van der Waals surface area contributed by atoms with Crippen LogP contribution in [0.5, 0.6) is 0 Å². The number of hydrogen-bond acceptors (Lipinski definition) is 4. The van der Waals surface area contributed by atoms with E-state index in [2.05, 4.69) is 49.3 Å². The van der Waals surface area contributed by atoms with Crippen molar-refractivity contribution in [1.29, 1.82) is 0 Å². The fourth-order valence-corrected chi connectivity index (χ4v) is 2.86. The minimum Gasteiger partial charge on any atom is -0.303 e. The predicted molar refractivity (Wildman–Crippen MR) is 74.2 cm³/mol. The van der Waals surface area contributed by atoms with Gasteiger partial charge in [-0.05, 0) is 52.4 Å². The predicted octanol–water partition coefficient (Wildman–Crippen LogP) is 1.28. The summed E-state index contributed by atoms with van der Waals surface area (Å²) in [6, 6.07) is 4.39. The molecule has 0 saturated heterocycles. The summed E-state index contributed by atoms with van der Waals surface area (Å²) in [6.45, 7) is 4.44. The van der Waals surface area contributed by atoms with Crippen molar-refractivity contribution in [3.05, 3.63) is 29.6 Å². The van der Waals surface area contributed by atoms with Gasteiger partial charge >= 0.3 is 0 Å². The molecule has 2 atom stereocenters. The maximum atomic E-state index is 5.83. The van der Waals surface area contributed by atoms with Crippen LogP contribution in [0.25, 0.3) is 0 Å². The first kappa shape index (κ1) is 13.5. The lowest BCUT2D eigenvalue weighted by molar-refractivity contribution is 0.120. The van der Waals surface area contributed by atoms with Crippen LogP contribution >= 0.6 is 0 Å². The summed E-state index contributed by atoms with van der Waals surface area (Å²) in [7, 11) is 4.19. The molecule has 1 heterocycles. The molecule has 1 aromatic heterocycles. The van der Waals surface area contributed by atoms with Crippen LogP contribution in [-0.2, 0) is 6.42 Å². The third-order valence-corrected chi connectivity index (χ3v) is 4.50. The molecular formula is C14H24N4. The number of aromatic nitrogens is 1. The third kappa shape index (κ3) is 2.16. The molecule has 18 heavy (non-hydrogen) atoms. The largest absolute Gasteiger partial charge is 0.303 e. The molecular weight excluding hydrogens is 224 g/mol. The molecule has 2 rings (SSSR count). The Kier molecular flexibility index (Phi) is 3.71. The van der Waals surface area contributed by atoms with Crippen LogP contribution in [0.2, 0.25) is 0 Å². The van der Waals surface area contributed by atoms with E-state index >= 15 is 0 Å². The average Bonchev–Trinajstić information content (AvgIpc) is 2.74. The van der Waals surface area contributed by atoms with E-state index in [1.54, 1.807) is 0 Å². The minimum absolute atomic E-state index is 0.0153. The first-order valence-electron chi connectivity index (χ1n) is 6.56. The number of aryl methyl sites for hydroxylation is 1. The number of nitrogens with two attached hydrogens (primary N) is 1. The molecule has 0 amide bonds. The van der Waals surface area contributed by atoms with Crippen LogP contribution in [-0.4, -0.2) is 35.6 Å². The highest BCUT2D eigenvalue weighted by Crippen LogP contribution is 2.38. The second-order valence-corrected chi connectivity index (χ2v) is 5.89. The molecule has 0 radical (unpaired) electrons. The Morgan fingerprint density at radius 3 is 2.83 bits per heavy atom. The van der Waals surface area contributed by atoms with Crippen molar-refractivity contribution in [1.82, 2.24) is 15.3 Å². The second-order valence-electron chi connectivity index (χ2n) is 5.89. The van der Waals surface area contributed by atoms with Gasteiger partial charge in [0.1, 0.15) is 0 Å². The Morgan fingerprint density at radius 1 is 1.50 bits per heavy atom. The van der Waals surface area contributed by atoms with Gasteiger partial charge in [-0.25, -0.2) is 0 Å². The Labute approximate surface area is 110 Å². The zero-order valence-corrected chi connectivity index (χ0v) is 11.8. The molecule has 0 aliphatic heterocycles. The topological polar surface area (TPSA) is 54.2 Å². The second kappa shape index (κ2) is 4.96. The number of fused-ring (bicyclic) bond motifs is 1. The smallest absolute Gasteiger partial charge is 0.0483 e. The Morgan fingerprint density at radius 2 is 2.22 bits per heavy atom. The van der Waals surface area contributed by atoms with E-state index in [9.17, 15) is 0 Å². The van der Waals surface area contributed by atoms with E-state index in [0.29, 0.717) is 5.92 Å². The van der Waals surface area contributed by atoms with Crippen molar-refractivity contribution < 1.29 is 0 Å². The summed E-state index contributed by atoms with van der Waals surface area (Å²) in [5.41, 5.74) is 5.60.